The Morgan fingerprint density at radius 1 is 1.50 bits per heavy atom. The standard InChI is InChI=1S/C11H11NO3S/c1-3-14-7-4-5-8-9(6-7)15-11(16-2)12-10(8)13/h4-6H,3H2,1-2H3. The van der Waals surface area contributed by atoms with Gasteiger partial charge in [-0.3, -0.25) is 4.79 Å². The molecule has 1 aromatic carbocycles. The van der Waals surface area contributed by atoms with Gasteiger partial charge >= 0.3 is 0 Å². The lowest BCUT2D eigenvalue weighted by atomic mass is 10.2. The molecule has 0 amide bonds. The van der Waals surface area contributed by atoms with Crippen LogP contribution >= 0.6 is 11.8 Å². The molecule has 0 N–H and O–H groups in total. The van der Waals surface area contributed by atoms with Crippen molar-refractivity contribution in [2.24, 2.45) is 0 Å². The summed E-state index contributed by atoms with van der Waals surface area (Å²) in [4.78, 5) is 15.4. The molecule has 2 rings (SSSR count). The SMILES string of the molecule is CCOc1ccc2c(=O)nc(SC)oc2c1. The van der Waals surface area contributed by atoms with Crippen molar-refractivity contribution in [1.82, 2.24) is 4.98 Å². The Hall–Kier alpha value is -1.49. The monoisotopic (exact) mass is 237 g/mol. The van der Waals surface area contributed by atoms with Crippen molar-refractivity contribution >= 4 is 22.7 Å². The zero-order chi connectivity index (χ0) is 11.5. The molecule has 0 atom stereocenters. The first-order valence-corrected chi connectivity index (χ1v) is 6.08. The quantitative estimate of drug-likeness (QED) is 0.767. The first-order valence-electron chi connectivity index (χ1n) is 4.86. The van der Waals surface area contributed by atoms with E-state index in [4.69, 9.17) is 9.15 Å². The van der Waals surface area contributed by atoms with Gasteiger partial charge in [0, 0.05) is 6.07 Å². The van der Waals surface area contributed by atoms with Crippen molar-refractivity contribution in [3.05, 3.63) is 28.6 Å². The summed E-state index contributed by atoms with van der Waals surface area (Å²) < 4.78 is 10.8. The van der Waals surface area contributed by atoms with E-state index in [1.807, 2.05) is 13.2 Å². The molecule has 0 aliphatic carbocycles. The highest BCUT2D eigenvalue weighted by Crippen LogP contribution is 2.21. The van der Waals surface area contributed by atoms with Gasteiger partial charge in [-0.1, -0.05) is 11.8 Å². The second-order valence-electron chi connectivity index (χ2n) is 3.08. The maximum Gasteiger partial charge on any atom is 0.284 e. The maximum absolute atomic E-state index is 11.6. The summed E-state index contributed by atoms with van der Waals surface area (Å²) in [6, 6.07) is 5.12. The number of thioether (sulfide) groups is 1. The fourth-order valence-corrected chi connectivity index (χ4v) is 1.71. The Bertz CT molecular complexity index is 565. The highest BCUT2D eigenvalue weighted by atomic mass is 32.2. The zero-order valence-electron chi connectivity index (χ0n) is 9.02. The number of hydrogen-bond acceptors (Lipinski definition) is 5. The van der Waals surface area contributed by atoms with Crippen LogP contribution in [0, 0.1) is 0 Å². The molecule has 0 bridgehead atoms. The van der Waals surface area contributed by atoms with E-state index in [1.54, 1.807) is 18.2 Å². The molecule has 0 aliphatic heterocycles. The van der Waals surface area contributed by atoms with Crippen molar-refractivity contribution in [3.8, 4) is 5.75 Å². The summed E-state index contributed by atoms with van der Waals surface area (Å²) in [7, 11) is 0. The number of ether oxygens (including phenoxy) is 1. The van der Waals surface area contributed by atoms with E-state index < -0.39 is 0 Å². The average Bonchev–Trinajstić information content (AvgIpc) is 2.29. The molecule has 0 spiro atoms. The first kappa shape index (κ1) is 11.0. The van der Waals surface area contributed by atoms with Crippen molar-refractivity contribution in [2.75, 3.05) is 12.9 Å². The molecular formula is C11H11NO3S. The molecule has 0 radical (unpaired) electrons. The van der Waals surface area contributed by atoms with Crippen molar-refractivity contribution < 1.29 is 9.15 Å². The molecule has 1 heterocycles. The van der Waals surface area contributed by atoms with Crippen molar-refractivity contribution in [1.29, 1.82) is 0 Å². The van der Waals surface area contributed by atoms with Crippen LogP contribution in [0.5, 0.6) is 5.75 Å². The molecule has 4 nitrogen and oxygen atoms in total. The van der Waals surface area contributed by atoms with Gasteiger partial charge in [0.05, 0.1) is 12.0 Å². The normalized spacial score (nSPS) is 10.6. The predicted molar refractivity (Wildman–Crippen MR) is 63.2 cm³/mol. The number of hydrogen-bond donors (Lipinski definition) is 0. The Morgan fingerprint density at radius 2 is 2.31 bits per heavy atom. The number of nitrogens with zero attached hydrogens (tertiary/aromatic N) is 1. The van der Waals surface area contributed by atoms with Crippen LogP contribution in [0.2, 0.25) is 0 Å². The second kappa shape index (κ2) is 4.57. The lowest BCUT2D eigenvalue weighted by Gasteiger charge is -2.03. The van der Waals surface area contributed by atoms with Crippen LogP contribution in [0.3, 0.4) is 0 Å². The molecule has 0 saturated heterocycles. The Morgan fingerprint density at radius 3 is 3.00 bits per heavy atom. The molecular weight excluding hydrogens is 226 g/mol. The maximum atomic E-state index is 11.6. The first-order chi connectivity index (χ1) is 7.74. The van der Waals surface area contributed by atoms with E-state index in [-0.39, 0.29) is 5.56 Å². The molecule has 2 aromatic rings. The van der Waals surface area contributed by atoms with Gasteiger partial charge < -0.3 is 9.15 Å². The van der Waals surface area contributed by atoms with Gasteiger partial charge in [-0.05, 0) is 25.3 Å². The lowest BCUT2D eigenvalue weighted by Crippen LogP contribution is -2.06. The van der Waals surface area contributed by atoms with Gasteiger partial charge in [0.1, 0.15) is 11.3 Å². The van der Waals surface area contributed by atoms with E-state index in [0.717, 1.165) is 0 Å². The van der Waals surface area contributed by atoms with Crippen LogP contribution in [-0.2, 0) is 0 Å². The average molecular weight is 237 g/mol. The smallest absolute Gasteiger partial charge is 0.284 e. The summed E-state index contributed by atoms with van der Waals surface area (Å²) >= 11 is 1.30. The third-order valence-electron chi connectivity index (χ3n) is 2.06. The van der Waals surface area contributed by atoms with Crippen molar-refractivity contribution in [3.63, 3.8) is 0 Å². The van der Waals surface area contributed by atoms with Crippen LogP contribution in [-0.4, -0.2) is 17.8 Å². The Balaban J connectivity index is 2.62. The Kier molecular flexibility index (Phi) is 3.14. The van der Waals surface area contributed by atoms with Crippen LogP contribution in [0.15, 0.2) is 32.6 Å². The lowest BCUT2D eigenvalue weighted by molar-refractivity contribution is 0.339. The van der Waals surface area contributed by atoms with Gasteiger partial charge in [0.25, 0.3) is 10.8 Å². The molecule has 0 unspecified atom stereocenters. The minimum absolute atomic E-state index is 0.270. The molecule has 0 aliphatic rings. The molecule has 0 saturated carbocycles. The molecule has 5 heteroatoms. The minimum Gasteiger partial charge on any atom is -0.494 e. The van der Waals surface area contributed by atoms with Gasteiger partial charge in [-0.2, -0.15) is 4.98 Å². The zero-order valence-corrected chi connectivity index (χ0v) is 9.84. The van der Waals surface area contributed by atoms with Gasteiger partial charge in [-0.15, -0.1) is 0 Å². The summed E-state index contributed by atoms with van der Waals surface area (Å²) in [5, 5.41) is 0.840. The number of benzene rings is 1. The predicted octanol–water partition coefficient (Wildman–Crippen LogP) is 2.31. The van der Waals surface area contributed by atoms with E-state index in [9.17, 15) is 4.79 Å². The topological polar surface area (TPSA) is 52.3 Å². The number of rotatable bonds is 3. The molecule has 0 fully saturated rings. The second-order valence-corrected chi connectivity index (χ2v) is 3.84. The van der Waals surface area contributed by atoms with Crippen molar-refractivity contribution in [2.45, 2.75) is 12.1 Å². The minimum atomic E-state index is -0.270. The van der Waals surface area contributed by atoms with Gasteiger partial charge in [0.15, 0.2) is 0 Å². The fourth-order valence-electron chi connectivity index (χ4n) is 1.37. The highest BCUT2D eigenvalue weighted by molar-refractivity contribution is 7.98. The van der Waals surface area contributed by atoms with Crippen LogP contribution < -0.4 is 10.3 Å². The summed E-state index contributed by atoms with van der Waals surface area (Å²) in [6.07, 6.45) is 1.81. The van der Waals surface area contributed by atoms with Crippen LogP contribution in [0.25, 0.3) is 11.0 Å². The largest absolute Gasteiger partial charge is 0.494 e. The summed E-state index contributed by atoms with van der Waals surface area (Å²) in [5.41, 5.74) is 0.240. The van der Waals surface area contributed by atoms with Crippen LogP contribution in [0.4, 0.5) is 0 Å². The van der Waals surface area contributed by atoms with Crippen LogP contribution in [0.1, 0.15) is 6.92 Å². The molecule has 84 valence electrons. The van der Waals surface area contributed by atoms with Gasteiger partial charge in [0.2, 0.25) is 0 Å². The third-order valence-corrected chi connectivity index (χ3v) is 2.58. The summed E-state index contributed by atoms with van der Waals surface area (Å²) in [5.74, 6) is 0.691. The van der Waals surface area contributed by atoms with E-state index in [0.29, 0.717) is 28.5 Å². The molecule has 16 heavy (non-hydrogen) atoms. The third kappa shape index (κ3) is 2.04. The summed E-state index contributed by atoms with van der Waals surface area (Å²) in [6.45, 7) is 2.48. The van der Waals surface area contributed by atoms with E-state index in [2.05, 4.69) is 4.98 Å². The number of aromatic nitrogens is 1. The fraction of sp³-hybridized carbons (Fsp3) is 0.273. The van der Waals surface area contributed by atoms with E-state index >= 15 is 0 Å². The number of fused-ring (bicyclic) bond motifs is 1. The van der Waals surface area contributed by atoms with E-state index in [1.165, 1.54) is 11.8 Å². The van der Waals surface area contributed by atoms with Gasteiger partial charge in [-0.25, -0.2) is 0 Å². The molecule has 1 aromatic heterocycles. The highest BCUT2D eigenvalue weighted by Gasteiger charge is 2.06. The Labute approximate surface area is 96.6 Å².